The Morgan fingerprint density at radius 3 is 2.50 bits per heavy atom. The largest absolute Gasteiger partial charge is 0.380 e. The Morgan fingerprint density at radius 1 is 1.44 bits per heavy atom. The number of rotatable bonds is 4. The van der Waals surface area contributed by atoms with Crippen LogP contribution in [0.5, 0.6) is 0 Å². The normalized spacial score (nSPS) is 30.4. The van der Waals surface area contributed by atoms with Crippen LogP contribution in [0, 0.1) is 16.7 Å². The maximum atomic E-state index is 5.76. The standard InChI is InChI=1S/C13H26N2O/c1-12(2,5-6-14)13(9-16-10-13)11-4-7-15(3)8-11/h11H,4-10,14H2,1-3H3. The fourth-order valence-corrected chi connectivity index (χ4v) is 3.50. The average Bonchev–Trinajstić information content (AvgIpc) is 2.49. The predicted octanol–water partition coefficient (Wildman–Crippen LogP) is 1.33. The second kappa shape index (κ2) is 4.28. The number of ether oxygens (including phenoxy) is 1. The van der Waals surface area contributed by atoms with Gasteiger partial charge in [0.15, 0.2) is 0 Å². The van der Waals surface area contributed by atoms with Crippen LogP contribution in [0.4, 0.5) is 0 Å². The molecule has 2 rings (SSSR count). The van der Waals surface area contributed by atoms with Crippen molar-refractivity contribution in [3.63, 3.8) is 0 Å². The van der Waals surface area contributed by atoms with Gasteiger partial charge >= 0.3 is 0 Å². The summed E-state index contributed by atoms with van der Waals surface area (Å²) in [7, 11) is 2.23. The quantitative estimate of drug-likeness (QED) is 0.786. The lowest BCUT2D eigenvalue weighted by Crippen LogP contribution is -2.58. The van der Waals surface area contributed by atoms with Crippen LogP contribution in [0.1, 0.15) is 26.7 Å². The average molecular weight is 226 g/mol. The van der Waals surface area contributed by atoms with Gasteiger partial charge < -0.3 is 15.4 Å². The van der Waals surface area contributed by atoms with Crippen LogP contribution >= 0.6 is 0 Å². The van der Waals surface area contributed by atoms with E-state index in [0.717, 1.165) is 32.1 Å². The zero-order chi connectivity index (χ0) is 11.8. The lowest BCUT2D eigenvalue weighted by Gasteiger charge is -2.56. The molecule has 0 bridgehead atoms. The maximum Gasteiger partial charge on any atom is 0.0553 e. The van der Waals surface area contributed by atoms with E-state index in [1.165, 1.54) is 19.5 Å². The van der Waals surface area contributed by atoms with Gasteiger partial charge in [0.25, 0.3) is 0 Å². The van der Waals surface area contributed by atoms with Crippen molar-refractivity contribution in [1.29, 1.82) is 0 Å². The third kappa shape index (κ3) is 1.79. The Labute approximate surface area is 99.3 Å². The second-order valence-corrected chi connectivity index (χ2v) is 6.32. The summed E-state index contributed by atoms with van der Waals surface area (Å²) < 4.78 is 5.56. The van der Waals surface area contributed by atoms with E-state index in [9.17, 15) is 0 Å². The van der Waals surface area contributed by atoms with Gasteiger partial charge in [-0.2, -0.15) is 0 Å². The summed E-state index contributed by atoms with van der Waals surface area (Å²) in [6.07, 6.45) is 2.43. The van der Waals surface area contributed by atoms with E-state index in [2.05, 4.69) is 25.8 Å². The Morgan fingerprint density at radius 2 is 2.12 bits per heavy atom. The molecular weight excluding hydrogens is 200 g/mol. The molecule has 2 heterocycles. The minimum Gasteiger partial charge on any atom is -0.380 e. The van der Waals surface area contributed by atoms with Crippen LogP contribution in [0.2, 0.25) is 0 Å². The Bertz CT molecular complexity index is 248. The molecule has 2 fully saturated rings. The highest BCUT2D eigenvalue weighted by Crippen LogP contribution is 2.54. The molecular formula is C13H26N2O. The number of nitrogens with zero attached hydrogens (tertiary/aromatic N) is 1. The summed E-state index contributed by atoms with van der Waals surface area (Å²) in [5.41, 5.74) is 6.47. The lowest BCUT2D eigenvalue weighted by molar-refractivity contribution is -0.205. The highest BCUT2D eigenvalue weighted by molar-refractivity contribution is 5.04. The third-order valence-electron chi connectivity index (χ3n) is 5.01. The number of hydrogen-bond acceptors (Lipinski definition) is 3. The molecule has 0 spiro atoms. The topological polar surface area (TPSA) is 38.5 Å². The van der Waals surface area contributed by atoms with Gasteiger partial charge in [-0.1, -0.05) is 13.8 Å². The van der Waals surface area contributed by atoms with Crippen molar-refractivity contribution in [2.24, 2.45) is 22.5 Å². The molecule has 0 amide bonds. The zero-order valence-electron chi connectivity index (χ0n) is 11.0. The van der Waals surface area contributed by atoms with Crippen molar-refractivity contribution in [3.05, 3.63) is 0 Å². The molecule has 2 aliphatic heterocycles. The molecule has 1 atom stereocenters. The SMILES string of the molecule is CN1CCC(C2(C(C)(C)CCN)COC2)C1. The molecule has 16 heavy (non-hydrogen) atoms. The Hall–Kier alpha value is -0.120. The first kappa shape index (κ1) is 12.3. The van der Waals surface area contributed by atoms with Crippen molar-refractivity contribution in [3.8, 4) is 0 Å². The van der Waals surface area contributed by atoms with Crippen molar-refractivity contribution >= 4 is 0 Å². The van der Waals surface area contributed by atoms with E-state index in [1.807, 2.05) is 0 Å². The van der Waals surface area contributed by atoms with Crippen LogP contribution in [0.3, 0.4) is 0 Å². The van der Waals surface area contributed by atoms with E-state index in [1.54, 1.807) is 0 Å². The van der Waals surface area contributed by atoms with Crippen LogP contribution in [0.15, 0.2) is 0 Å². The van der Waals surface area contributed by atoms with Crippen molar-refractivity contribution < 1.29 is 4.74 Å². The van der Waals surface area contributed by atoms with Gasteiger partial charge in [-0.05, 0) is 44.3 Å². The van der Waals surface area contributed by atoms with Gasteiger partial charge in [0.1, 0.15) is 0 Å². The Balaban J connectivity index is 2.12. The molecule has 2 saturated heterocycles. The molecule has 3 heteroatoms. The lowest BCUT2D eigenvalue weighted by atomic mass is 9.56. The molecule has 0 aromatic rings. The summed E-state index contributed by atoms with van der Waals surface area (Å²) in [4.78, 5) is 2.45. The molecule has 0 saturated carbocycles. The molecule has 0 aliphatic carbocycles. The summed E-state index contributed by atoms with van der Waals surface area (Å²) >= 11 is 0. The van der Waals surface area contributed by atoms with Crippen LogP contribution < -0.4 is 5.73 Å². The van der Waals surface area contributed by atoms with E-state index in [4.69, 9.17) is 10.5 Å². The van der Waals surface area contributed by atoms with Crippen molar-refractivity contribution in [2.45, 2.75) is 26.7 Å². The summed E-state index contributed by atoms with van der Waals surface area (Å²) in [6, 6.07) is 0. The van der Waals surface area contributed by atoms with Gasteiger partial charge in [0, 0.05) is 12.0 Å². The van der Waals surface area contributed by atoms with E-state index in [0.29, 0.717) is 10.8 Å². The fraction of sp³-hybridized carbons (Fsp3) is 1.00. The molecule has 2 aliphatic rings. The van der Waals surface area contributed by atoms with E-state index >= 15 is 0 Å². The van der Waals surface area contributed by atoms with Gasteiger partial charge in [-0.25, -0.2) is 0 Å². The molecule has 0 radical (unpaired) electrons. The first-order valence-electron chi connectivity index (χ1n) is 6.48. The first-order valence-corrected chi connectivity index (χ1v) is 6.48. The zero-order valence-corrected chi connectivity index (χ0v) is 11.0. The van der Waals surface area contributed by atoms with Crippen LogP contribution in [-0.4, -0.2) is 44.8 Å². The predicted molar refractivity (Wildman–Crippen MR) is 66.3 cm³/mol. The minimum atomic E-state index is 0.315. The molecule has 94 valence electrons. The number of nitrogens with two attached hydrogens (primary N) is 1. The van der Waals surface area contributed by atoms with Gasteiger partial charge in [-0.3, -0.25) is 0 Å². The Kier molecular flexibility index (Phi) is 3.30. The van der Waals surface area contributed by atoms with Crippen molar-refractivity contribution in [1.82, 2.24) is 4.90 Å². The van der Waals surface area contributed by atoms with Crippen LogP contribution in [0.25, 0.3) is 0 Å². The van der Waals surface area contributed by atoms with Gasteiger partial charge in [-0.15, -0.1) is 0 Å². The molecule has 0 aromatic carbocycles. The molecule has 0 aromatic heterocycles. The smallest absolute Gasteiger partial charge is 0.0553 e. The monoisotopic (exact) mass is 226 g/mol. The fourth-order valence-electron chi connectivity index (χ4n) is 3.50. The first-order chi connectivity index (χ1) is 7.52. The highest BCUT2D eigenvalue weighted by atomic mass is 16.5. The number of likely N-dealkylation sites (tertiary alicyclic amines) is 1. The van der Waals surface area contributed by atoms with Gasteiger partial charge in [0.2, 0.25) is 0 Å². The summed E-state index contributed by atoms with van der Waals surface area (Å²) in [6.45, 7) is 9.90. The van der Waals surface area contributed by atoms with Gasteiger partial charge in [0.05, 0.1) is 13.2 Å². The van der Waals surface area contributed by atoms with E-state index < -0.39 is 0 Å². The number of hydrogen-bond donors (Lipinski definition) is 1. The second-order valence-electron chi connectivity index (χ2n) is 6.32. The minimum absolute atomic E-state index is 0.315. The summed E-state index contributed by atoms with van der Waals surface area (Å²) in [5.74, 6) is 0.799. The highest BCUT2D eigenvalue weighted by Gasteiger charge is 2.55. The maximum absolute atomic E-state index is 5.76. The van der Waals surface area contributed by atoms with E-state index in [-0.39, 0.29) is 0 Å². The molecule has 2 N–H and O–H groups in total. The van der Waals surface area contributed by atoms with Crippen LogP contribution in [-0.2, 0) is 4.74 Å². The van der Waals surface area contributed by atoms with Crippen molar-refractivity contribution in [2.75, 3.05) is 39.9 Å². The third-order valence-corrected chi connectivity index (χ3v) is 5.01. The molecule has 3 nitrogen and oxygen atoms in total. The molecule has 1 unspecified atom stereocenters. The summed E-state index contributed by atoms with van der Waals surface area (Å²) in [5, 5.41) is 0.